The molecule has 4 atom stereocenters. The molecule has 2 N–H and O–H groups in total. The Kier molecular flexibility index (Phi) is 4.38. The molecule has 2 aliphatic heterocycles. The predicted octanol–water partition coefficient (Wildman–Crippen LogP) is 3.19. The maximum absolute atomic E-state index is 9.80. The molecule has 0 aromatic heterocycles. The lowest BCUT2D eigenvalue weighted by Crippen LogP contribution is -2.14. The first-order valence-electron chi connectivity index (χ1n) is 8.59. The van der Waals surface area contributed by atoms with E-state index in [0.29, 0.717) is 24.7 Å². The number of phenolic OH excluding ortho intramolecular Hbond substituents is 2. The SMILES string of the molecule is COc1cc(C2OC[C@H]3C(c4ccc(O)c(OC)c4)OC[C@H]23)ccc1O. The summed E-state index contributed by atoms with van der Waals surface area (Å²) in [6.45, 7) is 1.18. The van der Waals surface area contributed by atoms with E-state index in [1.165, 1.54) is 14.2 Å². The average Bonchev–Trinajstić information content (AvgIpc) is 3.25. The second kappa shape index (κ2) is 6.70. The maximum atomic E-state index is 9.80. The van der Waals surface area contributed by atoms with Gasteiger partial charge in [-0.25, -0.2) is 0 Å². The van der Waals surface area contributed by atoms with E-state index in [4.69, 9.17) is 18.9 Å². The summed E-state index contributed by atoms with van der Waals surface area (Å²) in [4.78, 5) is 0. The van der Waals surface area contributed by atoms with Crippen molar-refractivity contribution in [3.63, 3.8) is 0 Å². The molecule has 4 rings (SSSR count). The Morgan fingerprint density at radius 2 is 1.19 bits per heavy atom. The molecule has 26 heavy (non-hydrogen) atoms. The summed E-state index contributed by atoms with van der Waals surface area (Å²) in [5, 5.41) is 19.6. The summed E-state index contributed by atoms with van der Waals surface area (Å²) in [6, 6.07) is 10.6. The van der Waals surface area contributed by atoms with Crippen LogP contribution in [0.5, 0.6) is 23.0 Å². The van der Waals surface area contributed by atoms with Crippen molar-refractivity contribution in [3.8, 4) is 23.0 Å². The number of hydrogen-bond acceptors (Lipinski definition) is 6. The Hall–Kier alpha value is -2.44. The lowest BCUT2D eigenvalue weighted by Gasteiger charge is -2.18. The summed E-state index contributed by atoms with van der Waals surface area (Å²) in [6.07, 6.45) is -0.197. The number of rotatable bonds is 4. The van der Waals surface area contributed by atoms with Gasteiger partial charge in [0.25, 0.3) is 0 Å². The highest BCUT2D eigenvalue weighted by Gasteiger charge is 2.48. The van der Waals surface area contributed by atoms with E-state index in [-0.39, 0.29) is 35.5 Å². The lowest BCUT2D eigenvalue weighted by atomic mass is 9.85. The minimum atomic E-state index is -0.0986. The van der Waals surface area contributed by atoms with Crippen LogP contribution >= 0.6 is 0 Å². The van der Waals surface area contributed by atoms with Crippen molar-refractivity contribution in [1.29, 1.82) is 0 Å². The van der Waals surface area contributed by atoms with Gasteiger partial charge in [0.1, 0.15) is 0 Å². The number of hydrogen-bond donors (Lipinski definition) is 2. The van der Waals surface area contributed by atoms with Gasteiger partial charge in [0.2, 0.25) is 0 Å². The summed E-state index contributed by atoms with van der Waals surface area (Å²) < 4.78 is 22.6. The first-order valence-corrected chi connectivity index (χ1v) is 8.59. The normalized spacial score (nSPS) is 27.3. The van der Waals surface area contributed by atoms with Crippen molar-refractivity contribution in [2.24, 2.45) is 11.8 Å². The highest BCUT2D eigenvalue weighted by molar-refractivity contribution is 5.44. The fourth-order valence-corrected chi connectivity index (χ4v) is 3.98. The monoisotopic (exact) mass is 358 g/mol. The Morgan fingerprint density at radius 3 is 1.58 bits per heavy atom. The lowest BCUT2D eigenvalue weighted by molar-refractivity contribution is 0.0191. The third-order valence-electron chi connectivity index (χ3n) is 5.33. The molecule has 0 amide bonds. The molecule has 2 heterocycles. The summed E-state index contributed by atoms with van der Waals surface area (Å²) in [5.41, 5.74) is 1.94. The van der Waals surface area contributed by atoms with Crippen molar-refractivity contribution in [3.05, 3.63) is 47.5 Å². The molecule has 0 saturated carbocycles. The zero-order valence-corrected chi connectivity index (χ0v) is 14.7. The fourth-order valence-electron chi connectivity index (χ4n) is 3.98. The van der Waals surface area contributed by atoms with Gasteiger partial charge in [-0.15, -0.1) is 0 Å². The first kappa shape index (κ1) is 17.0. The number of benzene rings is 2. The van der Waals surface area contributed by atoms with Crippen LogP contribution in [0, 0.1) is 11.8 Å². The van der Waals surface area contributed by atoms with Gasteiger partial charge < -0.3 is 29.2 Å². The number of ether oxygens (including phenoxy) is 4. The Bertz CT molecular complexity index is 737. The van der Waals surface area contributed by atoms with Crippen LogP contribution in [0.25, 0.3) is 0 Å². The molecule has 6 heteroatoms. The van der Waals surface area contributed by atoms with E-state index in [0.717, 1.165) is 11.1 Å². The highest BCUT2D eigenvalue weighted by atomic mass is 16.5. The van der Waals surface area contributed by atoms with E-state index >= 15 is 0 Å². The van der Waals surface area contributed by atoms with Gasteiger partial charge >= 0.3 is 0 Å². The van der Waals surface area contributed by atoms with Gasteiger partial charge in [-0.2, -0.15) is 0 Å². The summed E-state index contributed by atoms with van der Waals surface area (Å²) in [5.74, 6) is 1.54. The van der Waals surface area contributed by atoms with Gasteiger partial charge in [0, 0.05) is 11.8 Å². The summed E-state index contributed by atoms with van der Waals surface area (Å²) in [7, 11) is 3.06. The number of methoxy groups -OCH3 is 2. The van der Waals surface area contributed by atoms with Crippen LogP contribution in [0.4, 0.5) is 0 Å². The topological polar surface area (TPSA) is 77.4 Å². The van der Waals surface area contributed by atoms with Crippen molar-refractivity contribution in [2.45, 2.75) is 12.2 Å². The van der Waals surface area contributed by atoms with Crippen LogP contribution in [0.1, 0.15) is 23.3 Å². The second-order valence-corrected chi connectivity index (χ2v) is 6.70. The molecule has 2 aliphatic rings. The molecule has 2 fully saturated rings. The van der Waals surface area contributed by atoms with E-state index in [2.05, 4.69) is 0 Å². The predicted molar refractivity (Wildman–Crippen MR) is 93.7 cm³/mol. The highest BCUT2D eigenvalue weighted by Crippen LogP contribution is 2.51. The molecule has 138 valence electrons. The van der Waals surface area contributed by atoms with Crippen LogP contribution in [0.3, 0.4) is 0 Å². The van der Waals surface area contributed by atoms with Gasteiger partial charge in [-0.3, -0.25) is 0 Å². The standard InChI is InChI=1S/C20H22O6/c1-23-17-7-11(3-5-15(17)21)19-13-9-26-20(14(13)10-25-19)12-4-6-16(22)18(8-12)24-2/h3-8,13-14,19-22H,9-10H2,1-2H3/t13-,14+,19?,20?. The van der Waals surface area contributed by atoms with Gasteiger partial charge in [0.05, 0.1) is 39.6 Å². The molecule has 6 nitrogen and oxygen atoms in total. The number of phenols is 2. The molecule has 2 unspecified atom stereocenters. The van der Waals surface area contributed by atoms with Crippen molar-refractivity contribution < 1.29 is 29.2 Å². The molecule has 2 aromatic rings. The van der Waals surface area contributed by atoms with E-state index in [1.54, 1.807) is 12.1 Å². The molecule has 0 radical (unpaired) electrons. The van der Waals surface area contributed by atoms with E-state index < -0.39 is 0 Å². The zero-order valence-electron chi connectivity index (χ0n) is 14.7. The molecule has 2 saturated heterocycles. The van der Waals surface area contributed by atoms with Crippen molar-refractivity contribution >= 4 is 0 Å². The number of aromatic hydroxyl groups is 2. The van der Waals surface area contributed by atoms with Crippen molar-refractivity contribution in [2.75, 3.05) is 27.4 Å². The molecular formula is C20H22O6. The van der Waals surface area contributed by atoms with Gasteiger partial charge in [-0.05, 0) is 35.4 Å². The van der Waals surface area contributed by atoms with Crippen LogP contribution in [0.15, 0.2) is 36.4 Å². The largest absolute Gasteiger partial charge is 0.504 e. The average molecular weight is 358 g/mol. The quantitative estimate of drug-likeness (QED) is 0.874. The molecule has 2 aromatic carbocycles. The zero-order chi connectivity index (χ0) is 18.3. The first-order chi connectivity index (χ1) is 12.6. The Morgan fingerprint density at radius 1 is 0.769 bits per heavy atom. The summed E-state index contributed by atoms with van der Waals surface area (Å²) >= 11 is 0. The third kappa shape index (κ3) is 2.75. The van der Waals surface area contributed by atoms with Crippen LogP contribution in [-0.4, -0.2) is 37.6 Å². The smallest absolute Gasteiger partial charge is 0.160 e. The van der Waals surface area contributed by atoms with Crippen LogP contribution < -0.4 is 9.47 Å². The molecule has 0 bridgehead atoms. The molecule has 0 aliphatic carbocycles. The Balaban J connectivity index is 1.58. The minimum absolute atomic E-state index is 0.0986. The fraction of sp³-hybridized carbons (Fsp3) is 0.400. The second-order valence-electron chi connectivity index (χ2n) is 6.70. The van der Waals surface area contributed by atoms with Crippen molar-refractivity contribution in [1.82, 2.24) is 0 Å². The molecule has 0 spiro atoms. The van der Waals surface area contributed by atoms with Gasteiger partial charge in [0.15, 0.2) is 23.0 Å². The van der Waals surface area contributed by atoms with Gasteiger partial charge in [-0.1, -0.05) is 12.1 Å². The van der Waals surface area contributed by atoms with Crippen LogP contribution in [0.2, 0.25) is 0 Å². The van der Waals surface area contributed by atoms with Crippen LogP contribution in [-0.2, 0) is 9.47 Å². The van der Waals surface area contributed by atoms with E-state index in [1.807, 2.05) is 24.3 Å². The maximum Gasteiger partial charge on any atom is 0.160 e. The molecular weight excluding hydrogens is 336 g/mol. The third-order valence-corrected chi connectivity index (χ3v) is 5.33. The number of fused-ring (bicyclic) bond motifs is 1. The minimum Gasteiger partial charge on any atom is -0.504 e. The van der Waals surface area contributed by atoms with E-state index in [9.17, 15) is 10.2 Å². The Labute approximate surface area is 151 Å².